The third-order valence-corrected chi connectivity index (χ3v) is 6.03. The Morgan fingerprint density at radius 3 is 2.68 bits per heavy atom. The molecule has 1 heterocycles. The van der Waals surface area contributed by atoms with Gasteiger partial charge in [-0.1, -0.05) is 31.4 Å². The number of aryl methyl sites for hydroxylation is 1. The summed E-state index contributed by atoms with van der Waals surface area (Å²) < 4.78 is 0. The Hall–Kier alpha value is -1.65. The fraction of sp³-hybridized carbons (Fsp3) is 0.476. The highest BCUT2D eigenvalue weighted by Gasteiger charge is 2.19. The second-order valence-corrected chi connectivity index (χ2v) is 8.36. The van der Waals surface area contributed by atoms with Gasteiger partial charge < -0.3 is 10.2 Å². The first kappa shape index (κ1) is 18.2. The minimum Gasteiger partial charge on any atom is -0.322 e. The van der Waals surface area contributed by atoms with Crippen molar-refractivity contribution in [3.05, 3.63) is 51.2 Å². The Labute approximate surface area is 155 Å². The highest BCUT2D eigenvalue weighted by molar-refractivity contribution is 7.10. The smallest absolute Gasteiger partial charge is 0.256 e. The molecule has 0 bridgehead atoms. The summed E-state index contributed by atoms with van der Waals surface area (Å²) in [5, 5.41) is 5.12. The van der Waals surface area contributed by atoms with Gasteiger partial charge in [0.2, 0.25) is 0 Å². The number of amides is 1. The zero-order valence-corrected chi connectivity index (χ0v) is 16.3. The van der Waals surface area contributed by atoms with Crippen LogP contribution in [0.1, 0.15) is 64.4 Å². The summed E-state index contributed by atoms with van der Waals surface area (Å²) in [7, 11) is 4.10. The molecule has 1 aliphatic carbocycles. The van der Waals surface area contributed by atoms with Crippen molar-refractivity contribution in [1.82, 2.24) is 4.90 Å². The number of hydrogen-bond donors (Lipinski definition) is 1. The normalized spacial score (nSPS) is 15.5. The first-order valence-corrected chi connectivity index (χ1v) is 10.0. The van der Waals surface area contributed by atoms with Crippen molar-refractivity contribution in [1.29, 1.82) is 0 Å². The molecule has 0 aliphatic heterocycles. The van der Waals surface area contributed by atoms with E-state index in [2.05, 4.69) is 48.6 Å². The van der Waals surface area contributed by atoms with Gasteiger partial charge >= 0.3 is 0 Å². The van der Waals surface area contributed by atoms with Gasteiger partial charge in [0, 0.05) is 22.5 Å². The van der Waals surface area contributed by atoms with Crippen LogP contribution in [-0.2, 0) is 6.54 Å². The second-order valence-electron chi connectivity index (χ2n) is 7.41. The zero-order valence-electron chi connectivity index (χ0n) is 15.5. The minimum atomic E-state index is 0.00316. The van der Waals surface area contributed by atoms with Gasteiger partial charge in [-0.3, -0.25) is 4.79 Å². The first-order valence-electron chi connectivity index (χ1n) is 9.17. The molecule has 3 nitrogen and oxygen atoms in total. The summed E-state index contributed by atoms with van der Waals surface area (Å²) in [5.41, 5.74) is 4.01. The van der Waals surface area contributed by atoms with Crippen LogP contribution in [0.15, 0.2) is 29.6 Å². The van der Waals surface area contributed by atoms with Crippen molar-refractivity contribution < 1.29 is 4.79 Å². The average molecular weight is 357 g/mol. The molecule has 1 amide bonds. The Balaban J connectivity index is 1.70. The lowest BCUT2D eigenvalue weighted by Crippen LogP contribution is -2.14. The average Bonchev–Trinajstić information content (AvgIpc) is 3.08. The fourth-order valence-corrected chi connectivity index (χ4v) is 4.60. The van der Waals surface area contributed by atoms with Crippen LogP contribution in [0.3, 0.4) is 0 Å². The summed E-state index contributed by atoms with van der Waals surface area (Å²) in [6.07, 6.45) is 6.54. The molecule has 0 unspecified atom stereocenters. The summed E-state index contributed by atoms with van der Waals surface area (Å²) in [6.45, 7) is 2.91. The number of nitrogens with zero attached hydrogens (tertiary/aromatic N) is 1. The van der Waals surface area contributed by atoms with Crippen molar-refractivity contribution in [2.45, 2.75) is 51.5 Å². The molecule has 1 N–H and O–H groups in total. The molecule has 0 saturated heterocycles. The summed E-state index contributed by atoms with van der Waals surface area (Å²) >= 11 is 1.74. The SMILES string of the molecule is Cc1ccc(CN(C)C)cc1NC(=O)c1csc(C2CCCCC2)c1. The van der Waals surface area contributed by atoms with E-state index in [4.69, 9.17) is 0 Å². The van der Waals surface area contributed by atoms with Crippen LogP contribution in [0.2, 0.25) is 0 Å². The molecule has 2 aromatic rings. The molecule has 1 aromatic heterocycles. The standard InChI is InChI=1S/C21H28N2OS/c1-15-9-10-16(13-23(2)3)11-19(15)22-21(24)18-12-20(25-14-18)17-7-5-4-6-8-17/h9-12,14,17H,4-8,13H2,1-3H3,(H,22,24). The predicted octanol–water partition coefficient (Wildman–Crippen LogP) is 5.42. The third-order valence-electron chi connectivity index (χ3n) is 4.94. The van der Waals surface area contributed by atoms with Crippen molar-refractivity contribution in [2.75, 3.05) is 19.4 Å². The number of rotatable bonds is 5. The fourth-order valence-electron chi connectivity index (χ4n) is 3.53. The molecule has 0 spiro atoms. The van der Waals surface area contributed by atoms with Gasteiger partial charge in [0.25, 0.3) is 5.91 Å². The van der Waals surface area contributed by atoms with E-state index in [0.717, 1.165) is 23.4 Å². The first-order chi connectivity index (χ1) is 12.0. The number of benzene rings is 1. The van der Waals surface area contributed by atoms with E-state index in [1.807, 2.05) is 12.3 Å². The Kier molecular flexibility index (Phi) is 5.92. The van der Waals surface area contributed by atoms with Gasteiger partial charge in [-0.15, -0.1) is 11.3 Å². The topological polar surface area (TPSA) is 32.3 Å². The molecular formula is C21H28N2OS. The lowest BCUT2D eigenvalue weighted by atomic mass is 9.88. The Morgan fingerprint density at radius 2 is 1.96 bits per heavy atom. The molecule has 1 aromatic carbocycles. The monoisotopic (exact) mass is 356 g/mol. The molecule has 1 saturated carbocycles. The Bertz CT molecular complexity index is 729. The molecule has 3 rings (SSSR count). The van der Waals surface area contributed by atoms with Gasteiger partial charge in [-0.25, -0.2) is 0 Å². The van der Waals surface area contributed by atoms with Gasteiger partial charge in [-0.2, -0.15) is 0 Å². The maximum Gasteiger partial charge on any atom is 0.256 e. The van der Waals surface area contributed by atoms with E-state index in [0.29, 0.717) is 5.92 Å². The summed E-state index contributed by atoms with van der Waals surface area (Å²) in [4.78, 5) is 16.2. The van der Waals surface area contributed by atoms with Gasteiger partial charge in [0.1, 0.15) is 0 Å². The maximum atomic E-state index is 12.7. The van der Waals surface area contributed by atoms with E-state index in [9.17, 15) is 4.79 Å². The number of nitrogens with one attached hydrogen (secondary N) is 1. The number of anilines is 1. The van der Waals surface area contributed by atoms with E-state index in [-0.39, 0.29) is 5.91 Å². The lowest BCUT2D eigenvalue weighted by Gasteiger charge is -2.19. The van der Waals surface area contributed by atoms with Crippen LogP contribution >= 0.6 is 11.3 Å². The van der Waals surface area contributed by atoms with Crippen LogP contribution in [-0.4, -0.2) is 24.9 Å². The number of hydrogen-bond acceptors (Lipinski definition) is 3. The second kappa shape index (κ2) is 8.15. The van der Waals surface area contributed by atoms with Crippen LogP contribution in [0, 0.1) is 6.92 Å². The summed E-state index contributed by atoms with van der Waals surface area (Å²) in [5.74, 6) is 0.661. The largest absolute Gasteiger partial charge is 0.322 e. The molecular weight excluding hydrogens is 328 g/mol. The predicted molar refractivity (Wildman–Crippen MR) is 107 cm³/mol. The highest BCUT2D eigenvalue weighted by atomic mass is 32.1. The molecule has 25 heavy (non-hydrogen) atoms. The molecule has 4 heteroatoms. The number of thiophene rings is 1. The zero-order chi connectivity index (χ0) is 17.8. The molecule has 0 atom stereocenters. The van der Waals surface area contributed by atoms with E-state index < -0.39 is 0 Å². The van der Waals surface area contributed by atoms with Crippen molar-refractivity contribution in [3.63, 3.8) is 0 Å². The quantitative estimate of drug-likeness (QED) is 0.776. The molecule has 0 radical (unpaired) electrons. The van der Waals surface area contributed by atoms with Gasteiger partial charge in [0.05, 0.1) is 5.56 Å². The van der Waals surface area contributed by atoms with E-state index in [1.54, 1.807) is 11.3 Å². The maximum absolute atomic E-state index is 12.7. The van der Waals surface area contributed by atoms with Crippen LogP contribution < -0.4 is 5.32 Å². The van der Waals surface area contributed by atoms with E-state index in [1.165, 1.54) is 42.5 Å². The van der Waals surface area contributed by atoms with Crippen LogP contribution in [0.5, 0.6) is 0 Å². The molecule has 134 valence electrons. The van der Waals surface area contributed by atoms with Crippen LogP contribution in [0.4, 0.5) is 5.69 Å². The minimum absolute atomic E-state index is 0.00316. The van der Waals surface area contributed by atoms with Crippen molar-refractivity contribution in [3.8, 4) is 0 Å². The molecule has 1 aliphatic rings. The van der Waals surface area contributed by atoms with Crippen molar-refractivity contribution in [2.24, 2.45) is 0 Å². The Morgan fingerprint density at radius 1 is 1.20 bits per heavy atom. The van der Waals surface area contributed by atoms with Gasteiger partial charge in [0.15, 0.2) is 0 Å². The summed E-state index contributed by atoms with van der Waals surface area (Å²) in [6, 6.07) is 8.39. The number of carbonyl (C=O) groups excluding carboxylic acids is 1. The van der Waals surface area contributed by atoms with E-state index >= 15 is 0 Å². The van der Waals surface area contributed by atoms with Gasteiger partial charge in [-0.05, 0) is 63.0 Å². The lowest BCUT2D eigenvalue weighted by molar-refractivity contribution is 0.102. The molecule has 1 fully saturated rings. The van der Waals surface area contributed by atoms with Crippen LogP contribution in [0.25, 0.3) is 0 Å². The van der Waals surface area contributed by atoms with Crippen molar-refractivity contribution >= 4 is 22.9 Å². The third kappa shape index (κ3) is 4.71. The number of carbonyl (C=O) groups is 1. The highest BCUT2D eigenvalue weighted by Crippen LogP contribution is 2.36.